The maximum absolute atomic E-state index is 5.83. The third kappa shape index (κ3) is 2.53. The fourth-order valence-corrected chi connectivity index (χ4v) is 2.32. The Bertz CT molecular complexity index is 307. The number of hydrogen-bond acceptors (Lipinski definition) is 2. The number of ether oxygens (including phenoxy) is 2. The van der Waals surface area contributed by atoms with Crippen molar-refractivity contribution in [3.05, 3.63) is 34.9 Å². The van der Waals surface area contributed by atoms with Crippen LogP contribution in [0.5, 0.6) is 0 Å². The van der Waals surface area contributed by atoms with Gasteiger partial charge in [-0.3, -0.25) is 0 Å². The second-order valence-electron chi connectivity index (χ2n) is 3.20. The third-order valence-corrected chi connectivity index (χ3v) is 3.23. The van der Waals surface area contributed by atoms with Crippen molar-refractivity contribution in [1.29, 1.82) is 0 Å². The Kier molecular flexibility index (Phi) is 4.59. The molecule has 0 heterocycles. The van der Waals surface area contributed by atoms with Crippen LogP contribution in [0.2, 0.25) is 5.02 Å². The van der Waals surface area contributed by atoms with Crippen molar-refractivity contribution in [3.63, 3.8) is 0 Å². The van der Waals surface area contributed by atoms with Gasteiger partial charge in [-0.1, -0.05) is 39.7 Å². The van der Waals surface area contributed by atoms with Crippen LogP contribution in [0.3, 0.4) is 0 Å². The lowest BCUT2D eigenvalue weighted by molar-refractivity contribution is -0.212. The zero-order valence-electron chi connectivity index (χ0n) is 8.96. The lowest BCUT2D eigenvalue weighted by atomic mass is 10.0. The lowest BCUT2D eigenvalue weighted by Gasteiger charge is -2.34. The smallest absolute Gasteiger partial charge is 0.206 e. The SMILES string of the molecule is COC(OC)(c1ccc(Cl)cc1)C(C)Br. The van der Waals surface area contributed by atoms with Crippen LogP contribution >= 0.6 is 27.5 Å². The standard InChI is InChI=1S/C11H14BrClO2/c1-8(12)11(14-2,15-3)9-4-6-10(13)7-5-9/h4-8H,1-3H3. The topological polar surface area (TPSA) is 18.5 Å². The molecule has 0 amide bonds. The zero-order valence-corrected chi connectivity index (χ0v) is 11.3. The summed E-state index contributed by atoms with van der Waals surface area (Å²) in [7, 11) is 3.24. The summed E-state index contributed by atoms with van der Waals surface area (Å²) in [6.07, 6.45) is 0. The molecular formula is C11H14BrClO2. The molecule has 0 aliphatic carbocycles. The van der Waals surface area contributed by atoms with Gasteiger partial charge in [0.1, 0.15) is 0 Å². The Morgan fingerprint density at radius 2 is 1.67 bits per heavy atom. The molecule has 0 saturated heterocycles. The number of methoxy groups -OCH3 is 2. The molecule has 2 nitrogen and oxygen atoms in total. The number of alkyl halides is 1. The van der Waals surface area contributed by atoms with Crippen molar-refractivity contribution in [1.82, 2.24) is 0 Å². The molecular weight excluding hydrogens is 279 g/mol. The van der Waals surface area contributed by atoms with Gasteiger partial charge >= 0.3 is 0 Å². The van der Waals surface area contributed by atoms with Crippen LogP contribution in [0.1, 0.15) is 12.5 Å². The van der Waals surface area contributed by atoms with Crippen molar-refractivity contribution in [2.45, 2.75) is 17.5 Å². The van der Waals surface area contributed by atoms with E-state index in [1.54, 1.807) is 14.2 Å². The summed E-state index contributed by atoms with van der Waals surface area (Å²) in [4.78, 5) is 0.0289. The second-order valence-corrected chi connectivity index (χ2v) is 5.01. The molecule has 0 spiro atoms. The molecule has 0 radical (unpaired) electrons. The minimum atomic E-state index is -0.773. The maximum Gasteiger partial charge on any atom is 0.206 e. The number of halogens is 2. The van der Waals surface area contributed by atoms with Gasteiger partial charge in [-0.05, 0) is 19.1 Å². The Hall–Kier alpha value is -0.0900. The van der Waals surface area contributed by atoms with Crippen LogP contribution in [-0.4, -0.2) is 19.0 Å². The molecule has 0 N–H and O–H groups in total. The summed E-state index contributed by atoms with van der Waals surface area (Å²) in [6.45, 7) is 1.97. The van der Waals surface area contributed by atoms with Crippen LogP contribution in [0, 0.1) is 0 Å². The van der Waals surface area contributed by atoms with Crippen molar-refractivity contribution >= 4 is 27.5 Å². The number of hydrogen-bond donors (Lipinski definition) is 0. The highest BCUT2D eigenvalue weighted by Gasteiger charge is 2.37. The van der Waals surface area contributed by atoms with E-state index < -0.39 is 5.79 Å². The molecule has 0 aliphatic heterocycles. The van der Waals surface area contributed by atoms with Gasteiger partial charge in [-0.2, -0.15) is 0 Å². The van der Waals surface area contributed by atoms with Crippen molar-refractivity contribution in [3.8, 4) is 0 Å². The first-order valence-electron chi connectivity index (χ1n) is 4.57. The van der Waals surface area contributed by atoms with E-state index in [2.05, 4.69) is 15.9 Å². The van der Waals surface area contributed by atoms with E-state index in [4.69, 9.17) is 21.1 Å². The average molecular weight is 294 g/mol. The van der Waals surface area contributed by atoms with E-state index >= 15 is 0 Å². The summed E-state index contributed by atoms with van der Waals surface area (Å²) in [6, 6.07) is 7.43. The molecule has 84 valence electrons. The fourth-order valence-electron chi connectivity index (χ4n) is 1.56. The van der Waals surface area contributed by atoms with E-state index in [0.29, 0.717) is 5.02 Å². The minimum Gasteiger partial charge on any atom is -0.348 e. The van der Waals surface area contributed by atoms with E-state index in [0.717, 1.165) is 5.56 Å². The summed E-state index contributed by atoms with van der Waals surface area (Å²) in [5.74, 6) is -0.773. The molecule has 0 bridgehead atoms. The van der Waals surface area contributed by atoms with Gasteiger partial charge in [0.25, 0.3) is 0 Å². The maximum atomic E-state index is 5.83. The van der Waals surface area contributed by atoms with Gasteiger partial charge in [-0.25, -0.2) is 0 Å². The molecule has 4 heteroatoms. The monoisotopic (exact) mass is 292 g/mol. The molecule has 1 aromatic carbocycles. The molecule has 1 rings (SSSR count). The van der Waals surface area contributed by atoms with Crippen LogP contribution in [0.25, 0.3) is 0 Å². The van der Waals surface area contributed by atoms with E-state index in [1.807, 2.05) is 31.2 Å². The van der Waals surface area contributed by atoms with Gasteiger partial charge in [0.2, 0.25) is 5.79 Å². The highest BCUT2D eigenvalue weighted by molar-refractivity contribution is 9.09. The molecule has 1 unspecified atom stereocenters. The predicted octanol–water partition coefficient (Wildman–Crippen LogP) is 3.57. The first kappa shape index (κ1) is 13.0. The first-order chi connectivity index (χ1) is 7.06. The van der Waals surface area contributed by atoms with Crippen molar-refractivity contribution in [2.75, 3.05) is 14.2 Å². The van der Waals surface area contributed by atoms with Gasteiger partial charge in [0.05, 0.1) is 4.83 Å². The average Bonchev–Trinajstić information content (AvgIpc) is 2.22. The van der Waals surface area contributed by atoms with Crippen LogP contribution in [-0.2, 0) is 15.3 Å². The quantitative estimate of drug-likeness (QED) is 0.624. The van der Waals surface area contributed by atoms with E-state index in [-0.39, 0.29) is 4.83 Å². The summed E-state index contributed by atoms with van der Waals surface area (Å²) < 4.78 is 10.9. The highest BCUT2D eigenvalue weighted by Crippen LogP contribution is 2.34. The summed E-state index contributed by atoms with van der Waals surface area (Å²) in [5, 5.41) is 0.696. The Morgan fingerprint density at radius 3 is 2.00 bits per heavy atom. The van der Waals surface area contributed by atoms with Crippen LogP contribution < -0.4 is 0 Å². The van der Waals surface area contributed by atoms with Crippen LogP contribution in [0.4, 0.5) is 0 Å². The molecule has 15 heavy (non-hydrogen) atoms. The Balaban J connectivity index is 3.14. The van der Waals surface area contributed by atoms with Crippen LogP contribution in [0.15, 0.2) is 24.3 Å². The summed E-state index contributed by atoms with van der Waals surface area (Å²) in [5.41, 5.74) is 0.932. The first-order valence-corrected chi connectivity index (χ1v) is 5.86. The van der Waals surface area contributed by atoms with Gasteiger partial charge in [0.15, 0.2) is 0 Å². The minimum absolute atomic E-state index is 0.0289. The fraction of sp³-hybridized carbons (Fsp3) is 0.455. The van der Waals surface area contributed by atoms with Gasteiger partial charge in [-0.15, -0.1) is 0 Å². The second kappa shape index (κ2) is 5.30. The normalized spacial score (nSPS) is 13.9. The number of rotatable bonds is 4. The Labute approximate surface area is 104 Å². The van der Waals surface area contributed by atoms with Gasteiger partial charge in [0, 0.05) is 24.8 Å². The van der Waals surface area contributed by atoms with Crippen molar-refractivity contribution < 1.29 is 9.47 Å². The molecule has 0 aliphatic rings. The summed E-state index contributed by atoms with van der Waals surface area (Å²) >= 11 is 9.32. The zero-order chi connectivity index (χ0) is 11.5. The molecule has 1 aromatic rings. The number of benzene rings is 1. The van der Waals surface area contributed by atoms with Crippen molar-refractivity contribution in [2.24, 2.45) is 0 Å². The third-order valence-electron chi connectivity index (χ3n) is 2.38. The Morgan fingerprint density at radius 1 is 1.20 bits per heavy atom. The van der Waals surface area contributed by atoms with Gasteiger partial charge < -0.3 is 9.47 Å². The molecule has 0 aromatic heterocycles. The highest BCUT2D eigenvalue weighted by atomic mass is 79.9. The van der Waals surface area contributed by atoms with E-state index in [9.17, 15) is 0 Å². The lowest BCUT2D eigenvalue weighted by Crippen LogP contribution is -2.38. The molecule has 0 fully saturated rings. The molecule has 1 atom stereocenters. The van der Waals surface area contributed by atoms with E-state index in [1.165, 1.54) is 0 Å². The largest absolute Gasteiger partial charge is 0.348 e. The molecule has 0 saturated carbocycles. The predicted molar refractivity (Wildman–Crippen MR) is 65.5 cm³/mol.